The highest BCUT2D eigenvalue weighted by molar-refractivity contribution is 6.04. The largest absolute Gasteiger partial charge is 0.497 e. The number of hydrazone groups is 1. The van der Waals surface area contributed by atoms with Crippen molar-refractivity contribution in [3.8, 4) is 5.75 Å². The van der Waals surface area contributed by atoms with E-state index in [0.717, 1.165) is 30.1 Å². The van der Waals surface area contributed by atoms with Gasteiger partial charge in [0.25, 0.3) is 0 Å². The van der Waals surface area contributed by atoms with Crippen LogP contribution in [0.1, 0.15) is 24.0 Å². The van der Waals surface area contributed by atoms with Crippen LogP contribution in [-0.4, -0.2) is 61.2 Å². The molecule has 0 radical (unpaired) electrons. The molecule has 1 heterocycles. The summed E-state index contributed by atoms with van der Waals surface area (Å²) in [6.07, 6.45) is 0.908. The molecule has 0 aromatic heterocycles. The summed E-state index contributed by atoms with van der Waals surface area (Å²) >= 11 is 0. The SMILES string of the molecule is COc1ccc(C2=NN(CC(=O)NCCN(C)Cc3ccccc3)C(=O)CC2)cc1. The lowest BCUT2D eigenvalue weighted by Crippen LogP contribution is -2.42. The standard InChI is InChI=1S/C23H28N4O3/c1-26(16-18-6-4-3-5-7-18)15-14-24-22(28)17-27-23(29)13-12-21(25-27)19-8-10-20(30-2)11-9-19/h3-11H,12-17H2,1-2H3,(H,24,28). The predicted octanol–water partition coefficient (Wildman–Crippen LogP) is 2.27. The third-order valence-corrected chi connectivity index (χ3v) is 4.93. The van der Waals surface area contributed by atoms with Gasteiger partial charge >= 0.3 is 0 Å². The number of benzene rings is 2. The number of hydrogen-bond acceptors (Lipinski definition) is 5. The summed E-state index contributed by atoms with van der Waals surface area (Å²) in [6, 6.07) is 17.7. The number of carbonyl (C=O) groups excluding carboxylic acids is 2. The van der Waals surface area contributed by atoms with Gasteiger partial charge in [0.15, 0.2) is 0 Å². The summed E-state index contributed by atoms with van der Waals surface area (Å²) < 4.78 is 5.17. The predicted molar refractivity (Wildman–Crippen MR) is 116 cm³/mol. The van der Waals surface area contributed by atoms with Crippen molar-refractivity contribution in [2.24, 2.45) is 5.10 Å². The first-order valence-corrected chi connectivity index (χ1v) is 10.1. The number of hydrogen-bond donors (Lipinski definition) is 1. The van der Waals surface area contributed by atoms with E-state index in [0.29, 0.717) is 19.4 Å². The number of likely N-dealkylation sites (N-methyl/N-ethyl adjacent to an activating group) is 1. The molecule has 1 aliphatic rings. The van der Waals surface area contributed by atoms with Gasteiger partial charge in [-0.1, -0.05) is 30.3 Å². The van der Waals surface area contributed by atoms with Crippen LogP contribution in [0.4, 0.5) is 0 Å². The van der Waals surface area contributed by atoms with Crippen molar-refractivity contribution in [1.29, 1.82) is 0 Å². The van der Waals surface area contributed by atoms with Crippen LogP contribution in [0.3, 0.4) is 0 Å². The van der Waals surface area contributed by atoms with Gasteiger partial charge in [0.05, 0.1) is 12.8 Å². The molecule has 0 aliphatic carbocycles. The monoisotopic (exact) mass is 408 g/mol. The van der Waals surface area contributed by atoms with Crippen LogP contribution in [0.15, 0.2) is 59.7 Å². The zero-order valence-corrected chi connectivity index (χ0v) is 17.5. The van der Waals surface area contributed by atoms with E-state index in [4.69, 9.17) is 4.74 Å². The van der Waals surface area contributed by atoms with Gasteiger partial charge in [-0.05, 0) is 42.4 Å². The number of methoxy groups -OCH3 is 1. The molecule has 2 amide bonds. The van der Waals surface area contributed by atoms with Crippen LogP contribution < -0.4 is 10.1 Å². The first kappa shape index (κ1) is 21.5. The summed E-state index contributed by atoms with van der Waals surface area (Å²) in [7, 11) is 3.63. The molecule has 1 aliphatic heterocycles. The second kappa shape index (κ2) is 10.5. The maximum atomic E-state index is 12.3. The Bertz CT molecular complexity index is 881. The Kier molecular flexibility index (Phi) is 7.57. The highest BCUT2D eigenvalue weighted by Crippen LogP contribution is 2.18. The van der Waals surface area contributed by atoms with E-state index in [1.54, 1.807) is 7.11 Å². The molecule has 0 bridgehead atoms. The Hall–Kier alpha value is -3.19. The Morgan fingerprint density at radius 1 is 1.13 bits per heavy atom. The van der Waals surface area contributed by atoms with Gasteiger partial charge in [0.2, 0.25) is 11.8 Å². The molecule has 7 nitrogen and oxygen atoms in total. The Balaban J connectivity index is 1.48. The molecular formula is C23H28N4O3. The minimum absolute atomic E-state index is 0.0686. The van der Waals surface area contributed by atoms with E-state index in [1.165, 1.54) is 10.6 Å². The number of carbonyl (C=O) groups is 2. The molecule has 7 heteroatoms. The van der Waals surface area contributed by atoms with Crippen molar-refractivity contribution in [3.05, 3.63) is 65.7 Å². The minimum atomic E-state index is -0.212. The highest BCUT2D eigenvalue weighted by Gasteiger charge is 2.23. The molecule has 30 heavy (non-hydrogen) atoms. The first-order valence-electron chi connectivity index (χ1n) is 10.1. The number of ether oxygens (including phenoxy) is 1. The van der Waals surface area contributed by atoms with Crippen molar-refractivity contribution in [2.45, 2.75) is 19.4 Å². The first-order chi connectivity index (χ1) is 14.5. The van der Waals surface area contributed by atoms with E-state index in [2.05, 4.69) is 27.5 Å². The number of rotatable bonds is 9. The topological polar surface area (TPSA) is 74.2 Å². The van der Waals surface area contributed by atoms with Crippen LogP contribution in [0.25, 0.3) is 0 Å². The fraction of sp³-hybridized carbons (Fsp3) is 0.348. The number of amides is 2. The van der Waals surface area contributed by atoms with Crippen LogP contribution in [0.2, 0.25) is 0 Å². The zero-order chi connectivity index (χ0) is 21.3. The zero-order valence-electron chi connectivity index (χ0n) is 17.5. The maximum absolute atomic E-state index is 12.3. The normalized spacial score (nSPS) is 13.9. The maximum Gasteiger partial charge on any atom is 0.243 e. The van der Waals surface area contributed by atoms with E-state index >= 15 is 0 Å². The van der Waals surface area contributed by atoms with Crippen LogP contribution >= 0.6 is 0 Å². The molecule has 0 saturated carbocycles. The average Bonchev–Trinajstić information content (AvgIpc) is 2.76. The van der Waals surface area contributed by atoms with E-state index in [-0.39, 0.29) is 18.4 Å². The number of nitrogens with zero attached hydrogens (tertiary/aromatic N) is 3. The fourth-order valence-corrected chi connectivity index (χ4v) is 3.27. The van der Waals surface area contributed by atoms with E-state index in [9.17, 15) is 9.59 Å². The minimum Gasteiger partial charge on any atom is -0.497 e. The Morgan fingerprint density at radius 3 is 2.57 bits per heavy atom. The van der Waals surface area contributed by atoms with Crippen molar-refractivity contribution < 1.29 is 14.3 Å². The van der Waals surface area contributed by atoms with Gasteiger partial charge in [-0.25, -0.2) is 5.01 Å². The van der Waals surface area contributed by atoms with Gasteiger partial charge in [-0.3, -0.25) is 9.59 Å². The third-order valence-electron chi connectivity index (χ3n) is 4.93. The van der Waals surface area contributed by atoms with Gasteiger partial charge in [0.1, 0.15) is 12.3 Å². The average molecular weight is 409 g/mol. The molecule has 0 spiro atoms. The van der Waals surface area contributed by atoms with Crippen LogP contribution in [0.5, 0.6) is 5.75 Å². The lowest BCUT2D eigenvalue weighted by Gasteiger charge is -2.23. The number of nitrogens with one attached hydrogen (secondary N) is 1. The summed E-state index contributed by atoms with van der Waals surface area (Å²) in [5, 5.41) is 8.56. The lowest BCUT2D eigenvalue weighted by molar-refractivity contribution is -0.136. The molecular weight excluding hydrogens is 380 g/mol. The smallest absolute Gasteiger partial charge is 0.243 e. The molecule has 3 rings (SSSR count). The quantitative estimate of drug-likeness (QED) is 0.691. The van der Waals surface area contributed by atoms with Crippen LogP contribution in [0, 0.1) is 0 Å². The van der Waals surface area contributed by atoms with E-state index in [1.807, 2.05) is 49.5 Å². The summed E-state index contributed by atoms with van der Waals surface area (Å²) in [4.78, 5) is 26.7. The second-order valence-corrected chi connectivity index (χ2v) is 7.30. The van der Waals surface area contributed by atoms with Crippen molar-refractivity contribution in [1.82, 2.24) is 15.2 Å². The summed E-state index contributed by atoms with van der Waals surface area (Å²) in [5.74, 6) is 0.416. The molecule has 0 fully saturated rings. The van der Waals surface area contributed by atoms with Gasteiger partial charge in [0, 0.05) is 32.5 Å². The van der Waals surface area contributed by atoms with Crippen molar-refractivity contribution in [2.75, 3.05) is 33.8 Å². The fourth-order valence-electron chi connectivity index (χ4n) is 3.27. The van der Waals surface area contributed by atoms with Crippen molar-refractivity contribution in [3.63, 3.8) is 0 Å². The lowest BCUT2D eigenvalue weighted by atomic mass is 10.0. The van der Waals surface area contributed by atoms with Gasteiger partial charge in [-0.2, -0.15) is 5.10 Å². The Labute approximate surface area is 177 Å². The van der Waals surface area contributed by atoms with E-state index < -0.39 is 0 Å². The van der Waals surface area contributed by atoms with Crippen LogP contribution in [-0.2, 0) is 16.1 Å². The molecule has 0 unspecified atom stereocenters. The molecule has 2 aromatic carbocycles. The summed E-state index contributed by atoms with van der Waals surface area (Å²) in [6.45, 7) is 1.98. The molecule has 158 valence electrons. The Morgan fingerprint density at radius 2 is 1.87 bits per heavy atom. The van der Waals surface area contributed by atoms with Gasteiger partial charge < -0.3 is 15.0 Å². The molecule has 1 N–H and O–H groups in total. The highest BCUT2D eigenvalue weighted by atomic mass is 16.5. The molecule has 0 atom stereocenters. The second-order valence-electron chi connectivity index (χ2n) is 7.30. The molecule has 2 aromatic rings. The summed E-state index contributed by atoms with van der Waals surface area (Å²) in [5.41, 5.74) is 2.95. The molecule has 0 saturated heterocycles. The van der Waals surface area contributed by atoms with Gasteiger partial charge in [-0.15, -0.1) is 0 Å². The third kappa shape index (κ3) is 6.15. The van der Waals surface area contributed by atoms with Crippen molar-refractivity contribution >= 4 is 17.5 Å².